The van der Waals surface area contributed by atoms with Crippen molar-refractivity contribution in [2.24, 2.45) is 5.73 Å². The van der Waals surface area contributed by atoms with Crippen LogP contribution in [0.2, 0.25) is 5.02 Å². The fourth-order valence-corrected chi connectivity index (χ4v) is 5.15. The first-order chi connectivity index (χ1) is 17.7. The molecule has 2 saturated heterocycles. The Morgan fingerprint density at radius 3 is 2.32 bits per heavy atom. The van der Waals surface area contributed by atoms with Gasteiger partial charge in [0.25, 0.3) is 0 Å². The van der Waals surface area contributed by atoms with Gasteiger partial charge in [-0.25, -0.2) is 0 Å². The third-order valence-electron chi connectivity index (χ3n) is 6.72. The molecule has 12 heteroatoms. The summed E-state index contributed by atoms with van der Waals surface area (Å²) >= 11 is 10.8. The van der Waals surface area contributed by atoms with Gasteiger partial charge < -0.3 is 25.8 Å². The Morgan fingerprint density at radius 2 is 1.68 bits per heavy atom. The summed E-state index contributed by atoms with van der Waals surface area (Å²) in [6.45, 7) is 5.16. The predicted molar refractivity (Wildman–Crippen MR) is 148 cm³/mol. The molecule has 0 unspecified atom stereocenters. The number of alkyl halides is 3. The van der Waals surface area contributed by atoms with Gasteiger partial charge in [0, 0.05) is 51.0 Å². The summed E-state index contributed by atoms with van der Waals surface area (Å²) in [6, 6.07) is 5.75. The zero-order valence-corrected chi connectivity index (χ0v) is 22.3. The molecule has 7 nitrogen and oxygen atoms in total. The number of benzene rings is 1. The molecule has 1 aromatic carbocycles. The zero-order chi connectivity index (χ0) is 26.4. The fourth-order valence-electron chi connectivity index (χ4n) is 4.73. The summed E-state index contributed by atoms with van der Waals surface area (Å²) in [7, 11) is 0. The van der Waals surface area contributed by atoms with Crippen LogP contribution in [0.15, 0.2) is 24.3 Å². The van der Waals surface area contributed by atoms with Crippen LogP contribution >= 0.6 is 23.8 Å². The van der Waals surface area contributed by atoms with Crippen molar-refractivity contribution >= 4 is 52.2 Å². The van der Waals surface area contributed by atoms with Crippen LogP contribution in [0, 0.1) is 0 Å². The number of hydrogen-bond acceptors (Lipinski definition) is 6. The van der Waals surface area contributed by atoms with Gasteiger partial charge in [-0.15, -0.1) is 0 Å². The Labute approximate surface area is 226 Å². The van der Waals surface area contributed by atoms with Crippen molar-refractivity contribution in [1.82, 2.24) is 9.97 Å². The third-order valence-corrected chi connectivity index (χ3v) is 7.27. The van der Waals surface area contributed by atoms with Gasteiger partial charge >= 0.3 is 6.18 Å². The van der Waals surface area contributed by atoms with Crippen LogP contribution in [0.3, 0.4) is 0 Å². The Hall–Kier alpha value is -2.53. The van der Waals surface area contributed by atoms with Gasteiger partial charge in [-0.3, -0.25) is 0 Å². The molecular formula is C25H33ClF3N7S. The summed E-state index contributed by atoms with van der Waals surface area (Å²) in [4.78, 5) is 15.7. The lowest BCUT2D eigenvalue weighted by Crippen LogP contribution is -2.36. The minimum Gasteiger partial charge on any atom is -0.376 e. The van der Waals surface area contributed by atoms with E-state index >= 15 is 0 Å². The quantitative estimate of drug-likeness (QED) is 0.286. The van der Waals surface area contributed by atoms with Crippen molar-refractivity contribution in [3.8, 4) is 0 Å². The van der Waals surface area contributed by atoms with Crippen LogP contribution in [-0.4, -0.2) is 54.3 Å². The summed E-state index contributed by atoms with van der Waals surface area (Å²) in [5.74, 6) is 2.59. The maximum Gasteiger partial charge on any atom is 0.417 e. The van der Waals surface area contributed by atoms with E-state index in [1.165, 1.54) is 29.9 Å². The third kappa shape index (κ3) is 7.28. The molecule has 3 heterocycles. The lowest BCUT2D eigenvalue weighted by atomic mass is 10.1. The summed E-state index contributed by atoms with van der Waals surface area (Å²) in [5, 5.41) is 3.11. The number of nitrogens with zero attached hydrogens (tertiary/aromatic N) is 5. The summed E-state index contributed by atoms with van der Waals surface area (Å²) in [6.07, 6.45) is 2.56. The summed E-state index contributed by atoms with van der Waals surface area (Å²) in [5.41, 5.74) is 5.21. The van der Waals surface area contributed by atoms with E-state index in [0.717, 1.165) is 82.1 Å². The van der Waals surface area contributed by atoms with E-state index in [1.54, 1.807) is 0 Å². The monoisotopic (exact) mass is 555 g/mol. The lowest BCUT2D eigenvalue weighted by molar-refractivity contribution is -0.137. The average Bonchev–Trinajstić information content (AvgIpc) is 3.58. The maximum absolute atomic E-state index is 13.3. The highest BCUT2D eigenvalue weighted by Gasteiger charge is 2.34. The van der Waals surface area contributed by atoms with Crippen LogP contribution in [0.4, 0.5) is 36.4 Å². The molecule has 2 aliphatic heterocycles. The molecule has 0 aliphatic carbocycles. The van der Waals surface area contributed by atoms with E-state index in [4.69, 9.17) is 39.5 Å². The van der Waals surface area contributed by atoms with Crippen molar-refractivity contribution in [3.63, 3.8) is 0 Å². The highest BCUT2D eigenvalue weighted by Crippen LogP contribution is 2.37. The molecule has 202 valence electrons. The molecule has 4 rings (SSSR count). The summed E-state index contributed by atoms with van der Waals surface area (Å²) < 4.78 is 39.8. The van der Waals surface area contributed by atoms with Gasteiger partial charge in [-0.05, 0) is 75.4 Å². The number of hydrogen-bond donors (Lipinski definition) is 2. The zero-order valence-electron chi connectivity index (χ0n) is 20.7. The standard InChI is InChI=1S/C25H33ClF3N7S/c26-20-9-8-18(16-19(20)25(27,28)29)36(23(30)37)15-3-1-2-10-31-21-17-22(34-11-4-5-12-34)33-24(32-21)35-13-6-7-14-35/h8-9,16-17H,1-7,10-15H2,(H2,30,37)(H,31,32,33). The van der Waals surface area contributed by atoms with Crippen LogP contribution in [0.1, 0.15) is 50.5 Å². The number of rotatable bonds is 10. The van der Waals surface area contributed by atoms with Crippen molar-refractivity contribution in [2.75, 3.05) is 59.3 Å². The van der Waals surface area contributed by atoms with Crippen molar-refractivity contribution < 1.29 is 13.2 Å². The first-order valence-electron chi connectivity index (χ1n) is 12.8. The van der Waals surface area contributed by atoms with Gasteiger partial charge in [0.05, 0.1) is 10.6 Å². The molecule has 0 bridgehead atoms. The van der Waals surface area contributed by atoms with Gasteiger partial charge in [0.1, 0.15) is 11.6 Å². The first kappa shape index (κ1) is 27.5. The minimum atomic E-state index is -4.55. The van der Waals surface area contributed by atoms with Crippen LogP contribution in [0.5, 0.6) is 0 Å². The molecule has 2 fully saturated rings. The van der Waals surface area contributed by atoms with Crippen molar-refractivity contribution in [1.29, 1.82) is 0 Å². The van der Waals surface area contributed by atoms with Crippen molar-refractivity contribution in [2.45, 2.75) is 51.1 Å². The van der Waals surface area contributed by atoms with Gasteiger partial charge in [0.2, 0.25) is 5.95 Å². The number of anilines is 4. The lowest BCUT2D eigenvalue weighted by Gasteiger charge is -2.24. The average molecular weight is 556 g/mol. The minimum absolute atomic E-state index is 0.0263. The van der Waals surface area contributed by atoms with E-state index in [9.17, 15) is 13.2 Å². The first-order valence-corrected chi connectivity index (χ1v) is 13.6. The van der Waals surface area contributed by atoms with E-state index in [2.05, 4.69) is 15.1 Å². The second-order valence-electron chi connectivity index (χ2n) is 9.44. The second kappa shape index (κ2) is 12.3. The van der Waals surface area contributed by atoms with E-state index in [0.29, 0.717) is 13.0 Å². The molecule has 3 N–H and O–H groups in total. The Balaban J connectivity index is 1.31. The molecular weight excluding hydrogens is 523 g/mol. The van der Waals surface area contributed by atoms with E-state index in [-0.39, 0.29) is 15.8 Å². The maximum atomic E-state index is 13.3. The molecule has 37 heavy (non-hydrogen) atoms. The molecule has 0 radical (unpaired) electrons. The van der Waals surface area contributed by atoms with Crippen LogP contribution < -0.4 is 25.8 Å². The smallest absolute Gasteiger partial charge is 0.376 e. The molecule has 2 aliphatic rings. The number of nitrogens with two attached hydrogens (primary N) is 1. The predicted octanol–water partition coefficient (Wildman–Crippen LogP) is 5.68. The van der Waals surface area contributed by atoms with E-state index in [1.807, 2.05) is 6.07 Å². The highest BCUT2D eigenvalue weighted by atomic mass is 35.5. The normalized spacial score (nSPS) is 15.9. The molecule has 0 saturated carbocycles. The Bertz CT molecular complexity index is 1040. The highest BCUT2D eigenvalue weighted by molar-refractivity contribution is 7.80. The van der Waals surface area contributed by atoms with Crippen LogP contribution in [0.25, 0.3) is 0 Å². The van der Waals surface area contributed by atoms with Gasteiger partial charge in [-0.1, -0.05) is 11.6 Å². The van der Waals surface area contributed by atoms with Crippen molar-refractivity contribution in [3.05, 3.63) is 34.9 Å². The number of thiocarbonyl (C=S) groups is 1. The van der Waals surface area contributed by atoms with E-state index < -0.39 is 11.7 Å². The second-order valence-corrected chi connectivity index (χ2v) is 10.3. The molecule has 1 aromatic heterocycles. The molecule has 0 atom stereocenters. The van der Waals surface area contributed by atoms with Gasteiger partial charge in [0.15, 0.2) is 5.11 Å². The number of nitrogens with one attached hydrogen (secondary N) is 1. The molecule has 2 aromatic rings. The SMILES string of the molecule is NC(=S)N(CCCCCNc1cc(N2CCCC2)nc(N2CCCC2)n1)c1ccc(Cl)c(C(F)(F)F)c1. The Morgan fingerprint density at radius 1 is 1.00 bits per heavy atom. The number of halogens is 4. The fraction of sp³-hybridized carbons (Fsp3) is 0.560. The van der Waals surface area contributed by atoms with Crippen LogP contribution in [-0.2, 0) is 6.18 Å². The largest absolute Gasteiger partial charge is 0.417 e. The Kier molecular flexibility index (Phi) is 9.17. The molecule has 0 amide bonds. The molecule has 0 spiro atoms. The number of unbranched alkanes of at least 4 members (excludes halogenated alkanes) is 2. The van der Waals surface area contributed by atoms with Gasteiger partial charge in [-0.2, -0.15) is 23.1 Å². The number of aromatic nitrogens is 2. The topological polar surface area (TPSA) is 73.6 Å².